The van der Waals surface area contributed by atoms with Crippen molar-refractivity contribution in [3.05, 3.63) is 54.1 Å². The Hall–Kier alpha value is -1.99. The molecule has 0 aliphatic carbocycles. The van der Waals surface area contributed by atoms with Crippen molar-refractivity contribution in [1.82, 2.24) is 9.71 Å². The largest absolute Gasteiger partial charge is 0.491 e. The molecule has 2 rings (SSSR count). The topological polar surface area (TPSA) is 68.3 Å². The zero-order chi connectivity index (χ0) is 15.3. The van der Waals surface area contributed by atoms with Gasteiger partial charge in [-0.1, -0.05) is 6.07 Å². The number of hydrogen-bond acceptors (Lipinski definition) is 4. The number of benzene rings is 1. The van der Waals surface area contributed by atoms with E-state index in [-0.39, 0.29) is 17.2 Å². The Morgan fingerprint density at radius 1 is 1.29 bits per heavy atom. The van der Waals surface area contributed by atoms with Gasteiger partial charge in [0.05, 0.1) is 23.7 Å². The fraction of sp³-hybridized carbons (Fsp3) is 0.214. The van der Waals surface area contributed by atoms with Gasteiger partial charge in [0.2, 0.25) is 10.0 Å². The second kappa shape index (κ2) is 6.64. The third-order valence-electron chi connectivity index (χ3n) is 2.68. The standard InChI is InChI=1S/C14H15FN2O3S/c1-2-20-14-7-6-12(9-13(14)15)21(18,19)17-10-11-5-3-4-8-16-11/h3-9,17H,2,10H2,1H3. The summed E-state index contributed by atoms with van der Waals surface area (Å²) in [5.41, 5.74) is 0.576. The number of halogens is 1. The van der Waals surface area contributed by atoms with E-state index in [0.717, 1.165) is 6.07 Å². The van der Waals surface area contributed by atoms with Gasteiger partial charge >= 0.3 is 0 Å². The van der Waals surface area contributed by atoms with Gasteiger partial charge in [0.1, 0.15) is 0 Å². The summed E-state index contributed by atoms with van der Waals surface area (Å²) in [6.07, 6.45) is 1.57. The molecule has 1 aromatic heterocycles. The third-order valence-corrected chi connectivity index (χ3v) is 4.08. The predicted molar refractivity (Wildman–Crippen MR) is 75.8 cm³/mol. The van der Waals surface area contributed by atoms with Crippen LogP contribution in [0.2, 0.25) is 0 Å². The molecule has 0 atom stereocenters. The first-order chi connectivity index (χ1) is 10.0. The number of rotatable bonds is 6. The first-order valence-corrected chi connectivity index (χ1v) is 7.83. The van der Waals surface area contributed by atoms with Gasteiger partial charge in [-0.3, -0.25) is 4.98 Å². The molecule has 0 radical (unpaired) electrons. The summed E-state index contributed by atoms with van der Waals surface area (Å²) in [5.74, 6) is -0.682. The molecule has 0 saturated carbocycles. The summed E-state index contributed by atoms with van der Waals surface area (Å²) in [6, 6.07) is 8.73. The second-order valence-electron chi connectivity index (χ2n) is 4.17. The van der Waals surface area contributed by atoms with Crippen LogP contribution in [0.5, 0.6) is 5.75 Å². The van der Waals surface area contributed by atoms with Gasteiger partial charge in [0.25, 0.3) is 0 Å². The lowest BCUT2D eigenvalue weighted by molar-refractivity contribution is 0.321. The van der Waals surface area contributed by atoms with E-state index in [0.29, 0.717) is 12.3 Å². The molecule has 0 spiro atoms. The van der Waals surface area contributed by atoms with E-state index < -0.39 is 15.8 Å². The highest BCUT2D eigenvalue weighted by Crippen LogP contribution is 2.21. The third kappa shape index (κ3) is 3.99. The average Bonchev–Trinajstić information content (AvgIpc) is 2.48. The lowest BCUT2D eigenvalue weighted by atomic mass is 10.3. The molecular weight excluding hydrogens is 295 g/mol. The van der Waals surface area contributed by atoms with E-state index in [9.17, 15) is 12.8 Å². The number of ether oxygens (including phenoxy) is 1. The maximum Gasteiger partial charge on any atom is 0.241 e. The SMILES string of the molecule is CCOc1ccc(S(=O)(=O)NCc2ccccn2)cc1F. The van der Waals surface area contributed by atoms with Crippen LogP contribution in [0.15, 0.2) is 47.5 Å². The highest BCUT2D eigenvalue weighted by Gasteiger charge is 2.16. The summed E-state index contributed by atoms with van der Waals surface area (Å²) >= 11 is 0. The molecule has 1 aromatic carbocycles. The minimum atomic E-state index is -3.80. The molecule has 0 unspecified atom stereocenters. The highest BCUT2D eigenvalue weighted by atomic mass is 32.2. The van der Waals surface area contributed by atoms with E-state index in [2.05, 4.69) is 9.71 Å². The van der Waals surface area contributed by atoms with Crippen molar-refractivity contribution in [2.75, 3.05) is 6.61 Å². The summed E-state index contributed by atoms with van der Waals surface area (Å²) in [5, 5.41) is 0. The summed E-state index contributed by atoms with van der Waals surface area (Å²) in [4.78, 5) is 3.86. The van der Waals surface area contributed by atoms with Crippen molar-refractivity contribution in [2.45, 2.75) is 18.4 Å². The predicted octanol–water partition coefficient (Wildman–Crippen LogP) is 2.10. The molecule has 0 bridgehead atoms. The maximum atomic E-state index is 13.7. The van der Waals surface area contributed by atoms with Gasteiger partial charge in [-0.2, -0.15) is 0 Å². The van der Waals surface area contributed by atoms with Crippen LogP contribution in [-0.4, -0.2) is 20.0 Å². The van der Waals surface area contributed by atoms with E-state index >= 15 is 0 Å². The summed E-state index contributed by atoms with van der Waals surface area (Å²) in [6.45, 7) is 2.07. The minimum absolute atomic E-state index is 0.0289. The molecule has 5 nitrogen and oxygen atoms in total. The van der Waals surface area contributed by atoms with Gasteiger partial charge in [-0.05, 0) is 37.3 Å². The lowest BCUT2D eigenvalue weighted by Crippen LogP contribution is -2.23. The Kier molecular flexibility index (Phi) is 4.87. The molecule has 112 valence electrons. The summed E-state index contributed by atoms with van der Waals surface area (Å²) in [7, 11) is -3.80. The molecule has 0 fully saturated rings. The van der Waals surface area contributed by atoms with Crippen molar-refractivity contribution < 1.29 is 17.5 Å². The van der Waals surface area contributed by atoms with Gasteiger partial charge in [0, 0.05) is 6.20 Å². The maximum absolute atomic E-state index is 13.7. The Morgan fingerprint density at radius 2 is 2.10 bits per heavy atom. The molecule has 1 heterocycles. The van der Waals surface area contributed by atoms with Crippen LogP contribution >= 0.6 is 0 Å². The zero-order valence-corrected chi connectivity index (χ0v) is 12.2. The van der Waals surface area contributed by atoms with Crippen molar-refractivity contribution in [1.29, 1.82) is 0 Å². The molecule has 1 N–H and O–H groups in total. The Bertz CT molecular complexity index is 705. The molecule has 7 heteroatoms. The number of pyridine rings is 1. The number of sulfonamides is 1. The number of nitrogens with one attached hydrogen (secondary N) is 1. The second-order valence-corrected chi connectivity index (χ2v) is 5.94. The van der Waals surface area contributed by atoms with E-state index in [1.54, 1.807) is 31.3 Å². The smallest absolute Gasteiger partial charge is 0.241 e. The normalized spacial score (nSPS) is 11.3. The monoisotopic (exact) mass is 310 g/mol. The Morgan fingerprint density at radius 3 is 2.71 bits per heavy atom. The molecule has 0 saturated heterocycles. The van der Waals surface area contributed by atoms with Gasteiger partial charge < -0.3 is 4.74 Å². The minimum Gasteiger partial charge on any atom is -0.491 e. The average molecular weight is 310 g/mol. The molecule has 0 aliphatic rings. The molecule has 2 aromatic rings. The molecule has 0 aliphatic heterocycles. The van der Waals surface area contributed by atoms with E-state index in [1.165, 1.54) is 12.1 Å². The van der Waals surface area contributed by atoms with Crippen molar-refractivity contribution in [2.24, 2.45) is 0 Å². The van der Waals surface area contributed by atoms with Crippen LogP contribution < -0.4 is 9.46 Å². The number of hydrogen-bond donors (Lipinski definition) is 1. The van der Waals surface area contributed by atoms with Crippen LogP contribution in [0.25, 0.3) is 0 Å². The van der Waals surface area contributed by atoms with Gasteiger partial charge in [-0.25, -0.2) is 17.5 Å². The van der Waals surface area contributed by atoms with Crippen molar-refractivity contribution in [3.63, 3.8) is 0 Å². The highest BCUT2D eigenvalue weighted by molar-refractivity contribution is 7.89. The first-order valence-electron chi connectivity index (χ1n) is 6.35. The summed E-state index contributed by atoms with van der Waals surface area (Å²) < 4.78 is 45.3. The van der Waals surface area contributed by atoms with Crippen LogP contribution in [0.3, 0.4) is 0 Å². The first kappa shape index (κ1) is 15.4. The quantitative estimate of drug-likeness (QED) is 0.887. The number of nitrogens with zero attached hydrogens (tertiary/aromatic N) is 1. The van der Waals surface area contributed by atoms with Crippen LogP contribution in [0.4, 0.5) is 4.39 Å². The van der Waals surface area contributed by atoms with Crippen LogP contribution in [-0.2, 0) is 16.6 Å². The van der Waals surface area contributed by atoms with Crippen molar-refractivity contribution >= 4 is 10.0 Å². The number of aromatic nitrogens is 1. The van der Waals surface area contributed by atoms with E-state index in [4.69, 9.17) is 4.74 Å². The van der Waals surface area contributed by atoms with Gasteiger partial charge in [0.15, 0.2) is 11.6 Å². The molecular formula is C14H15FN2O3S. The Labute approximate surface area is 122 Å². The zero-order valence-electron chi connectivity index (χ0n) is 11.4. The van der Waals surface area contributed by atoms with E-state index in [1.807, 2.05) is 0 Å². The van der Waals surface area contributed by atoms with Crippen LogP contribution in [0, 0.1) is 5.82 Å². The lowest BCUT2D eigenvalue weighted by Gasteiger charge is -2.09. The van der Waals surface area contributed by atoms with Crippen LogP contribution in [0.1, 0.15) is 12.6 Å². The fourth-order valence-electron chi connectivity index (χ4n) is 1.68. The van der Waals surface area contributed by atoms with Gasteiger partial charge in [-0.15, -0.1) is 0 Å². The Balaban J connectivity index is 2.14. The molecule has 0 amide bonds. The fourth-order valence-corrected chi connectivity index (χ4v) is 2.69. The molecule has 21 heavy (non-hydrogen) atoms. The van der Waals surface area contributed by atoms with Crippen molar-refractivity contribution in [3.8, 4) is 5.75 Å².